The molecular weight excluding hydrogens is 414 g/mol. The predicted octanol–water partition coefficient (Wildman–Crippen LogP) is 3.89. The van der Waals surface area contributed by atoms with Crippen LogP contribution in [-0.4, -0.2) is 45.9 Å². The van der Waals surface area contributed by atoms with Crippen LogP contribution >= 0.6 is 0 Å². The first-order chi connectivity index (χ1) is 15.3. The van der Waals surface area contributed by atoms with E-state index >= 15 is 0 Å². The summed E-state index contributed by atoms with van der Waals surface area (Å²) >= 11 is 0. The third-order valence-electron chi connectivity index (χ3n) is 6.43. The van der Waals surface area contributed by atoms with Gasteiger partial charge in [-0.1, -0.05) is 0 Å². The monoisotopic (exact) mass is 438 g/mol. The van der Waals surface area contributed by atoms with Crippen molar-refractivity contribution in [2.24, 2.45) is 7.05 Å². The van der Waals surface area contributed by atoms with Crippen molar-refractivity contribution >= 4 is 28.2 Å². The Bertz CT molecular complexity index is 1260. The minimum absolute atomic E-state index is 0.0372. The third-order valence-corrected chi connectivity index (χ3v) is 6.43. The fourth-order valence-electron chi connectivity index (χ4n) is 4.55. The number of fused-ring (bicyclic) bond motifs is 2. The molecule has 2 aliphatic rings. The van der Waals surface area contributed by atoms with E-state index in [-0.39, 0.29) is 37.4 Å². The van der Waals surface area contributed by atoms with Gasteiger partial charge in [0.2, 0.25) is 0 Å². The van der Waals surface area contributed by atoms with Crippen molar-refractivity contribution in [3.05, 3.63) is 64.2 Å². The van der Waals surface area contributed by atoms with Crippen molar-refractivity contribution in [1.82, 2.24) is 14.5 Å². The Morgan fingerprint density at radius 1 is 1.09 bits per heavy atom. The zero-order chi connectivity index (χ0) is 22.5. The zero-order valence-electron chi connectivity index (χ0n) is 17.9. The number of aryl methyl sites for hydroxylation is 2. The van der Waals surface area contributed by atoms with Crippen molar-refractivity contribution in [3.8, 4) is 0 Å². The average Bonchev–Trinajstić information content (AvgIpc) is 2.80. The smallest absolute Gasteiger partial charge is 0.258 e. The van der Waals surface area contributed by atoms with Crippen LogP contribution in [0, 0.1) is 0 Å². The second-order valence-electron chi connectivity index (χ2n) is 8.61. The molecule has 2 aromatic heterocycles. The van der Waals surface area contributed by atoms with Crippen molar-refractivity contribution in [2.45, 2.75) is 31.6 Å². The van der Waals surface area contributed by atoms with E-state index in [0.29, 0.717) is 10.9 Å². The number of amides is 1. The Hall–Kier alpha value is -3.29. The second-order valence-corrected chi connectivity index (χ2v) is 8.61. The lowest BCUT2D eigenvalue weighted by atomic mass is 10.0. The van der Waals surface area contributed by atoms with Crippen molar-refractivity contribution in [1.29, 1.82) is 0 Å². The molecule has 8 heteroatoms. The molecule has 0 radical (unpaired) electrons. The van der Waals surface area contributed by atoms with Crippen LogP contribution in [0.15, 0.2) is 47.5 Å². The van der Waals surface area contributed by atoms with Crippen molar-refractivity contribution in [3.63, 3.8) is 0 Å². The molecule has 6 nitrogen and oxygen atoms in total. The van der Waals surface area contributed by atoms with E-state index in [1.165, 1.54) is 4.90 Å². The molecule has 1 saturated heterocycles. The van der Waals surface area contributed by atoms with Crippen LogP contribution < -0.4 is 10.5 Å². The van der Waals surface area contributed by atoms with Crippen LogP contribution in [0.3, 0.4) is 0 Å². The first kappa shape index (κ1) is 20.6. The Morgan fingerprint density at radius 2 is 1.88 bits per heavy atom. The van der Waals surface area contributed by atoms with Crippen LogP contribution in [0.4, 0.5) is 20.3 Å². The number of hydrogen-bond donors (Lipinski definition) is 0. The maximum absolute atomic E-state index is 13.4. The minimum atomic E-state index is -2.69. The van der Waals surface area contributed by atoms with Gasteiger partial charge in [0.1, 0.15) is 5.82 Å². The Labute approximate surface area is 184 Å². The molecule has 1 amide bonds. The predicted molar refractivity (Wildman–Crippen MR) is 119 cm³/mol. The maximum Gasteiger partial charge on any atom is 0.258 e. The summed E-state index contributed by atoms with van der Waals surface area (Å²) in [6, 6.07) is 9.52. The summed E-state index contributed by atoms with van der Waals surface area (Å²) in [6.45, 7) is 0.905. The molecule has 1 aromatic carbocycles. The fourth-order valence-corrected chi connectivity index (χ4v) is 4.55. The van der Waals surface area contributed by atoms with Crippen LogP contribution in [-0.2, 0) is 13.5 Å². The van der Waals surface area contributed by atoms with E-state index in [1.54, 1.807) is 24.0 Å². The summed E-state index contributed by atoms with van der Waals surface area (Å²) in [5.74, 6) is -2.13. The lowest BCUT2D eigenvalue weighted by Gasteiger charge is -2.33. The van der Waals surface area contributed by atoms with E-state index in [1.807, 2.05) is 30.3 Å². The molecule has 0 bridgehead atoms. The molecule has 32 heavy (non-hydrogen) atoms. The number of pyridine rings is 2. The number of carbonyl (C=O) groups is 1. The lowest BCUT2D eigenvalue weighted by molar-refractivity contribution is -0.0494. The van der Waals surface area contributed by atoms with Crippen LogP contribution in [0.1, 0.15) is 35.2 Å². The van der Waals surface area contributed by atoms with Gasteiger partial charge in [0, 0.05) is 63.0 Å². The molecule has 0 unspecified atom stereocenters. The van der Waals surface area contributed by atoms with E-state index in [2.05, 4.69) is 9.88 Å². The number of piperidine rings is 1. The normalized spacial score (nSPS) is 18.0. The van der Waals surface area contributed by atoms with Gasteiger partial charge in [-0.2, -0.15) is 0 Å². The number of carbonyl (C=O) groups excluding carboxylic acids is 1. The molecule has 0 saturated carbocycles. The number of alkyl halides is 2. The van der Waals surface area contributed by atoms with Gasteiger partial charge in [-0.25, -0.2) is 13.8 Å². The number of benzene rings is 1. The molecule has 0 aliphatic carbocycles. The topological polar surface area (TPSA) is 58.4 Å². The molecule has 0 N–H and O–H groups in total. The van der Waals surface area contributed by atoms with Gasteiger partial charge in [0.05, 0.1) is 5.56 Å². The molecule has 3 aromatic rings. The number of nitrogens with zero attached hydrogens (tertiary/aromatic N) is 4. The number of aromatic nitrogens is 2. The minimum Gasteiger partial charge on any atom is -0.338 e. The quantitative estimate of drug-likeness (QED) is 0.609. The van der Waals surface area contributed by atoms with Gasteiger partial charge in [-0.05, 0) is 54.1 Å². The summed E-state index contributed by atoms with van der Waals surface area (Å²) in [4.78, 5) is 33.4. The molecule has 0 atom stereocenters. The lowest BCUT2D eigenvalue weighted by Crippen LogP contribution is -2.42. The van der Waals surface area contributed by atoms with E-state index in [0.717, 1.165) is 41.8 Å². The molecular formula is C24H24F2N4O2. The Balaban J connectivity index is 1.43. The number of rotatable bonds is 2. The highest BCUT2D eigenvalue weighted by Crippen LogP contribution is 2.34. The maximum atomic E-state index is 13.4. The molecule has 0 spiro atoms. The molecule has 4 heterocycles. The van der Waals surface area contributed by atoms with Crippen LogP contribution in [0.5, 0.6) is 0 Å². The first-order valence-electron chi connectivity index (χ1n) is 10.9. The highest BCUT2D eigenvalue weighted by atomic mass is 19.3. The van der Waals surface area contributed by atoms with Crippen molar-refractivity contribution in [2.75, 3.05) is 24.5 Å². The average molecular weight is 438 g/mol. The molecule has 1 fully saturated rings. The van der Waals surface area contributed by atoms with Gasteiger partial charge in [-0.15, -0.1) is 0 Å². The summed E-state index contributed by atoms with van der Waals surface area (Å²) in [5.41, 5.74) is 2.31. The van der Waals surface area contributed by atoms with Gasteiger partial charge >= 0.3 is 0 Å². The number of anilines is 2. The molecule has 166 valence electrons. The van der Waals surface area contributed by atoms with Gasteiger partial charge in [0.15, 0.2) is 0 Å². The second kappa shape index (κ2) is 7.69. The van der Waals surface area contributed by atoms with Gasteiger partial charge in [0.25, 0.3) is 17.4 Å². The largest absolute Gasteiger partial charge is 0.338 e. The van der Waals surface area contributed by atoms with Gasteiger partial charge < -0.3 is 14.4 Å². The summed E-state index contributed by atoms with van der Waals surface area (Å²) < 4.78 is 28.4. The number of halogens is 2. The summed E-state index contributed by atoms with van der Waals surface area (Å²) in [6.07, 6.45) is 4.41. The Kier molecular flexibility index (Phi) is 4.95. The Morgan fingerprint density at radius 3 is 2.66 bits per heavy atom. The zero-order valence-corrected chi connectivity index (χ0v) is 17.9. The van der Waals surface area contributed by atoms with E-state index < -0.39 is 5.92 Å². The molecule has 5 rings (SSSR count). The van der Waals surface area contributed by atoms with Crippen LogP contribution in [0.25, 0.3) is 10.8 Å². The standard InChI is InChI=1S/C24H24F2N4O2/c1-28-10-6-16-14-19(4-5-20(16)23(28)32)30-9-2-3-17-13-18(15-27-21(17)30)22(31)29-11-7-24(25,26)8-12-29/h4-6,10,13-15H,2-3,7-9,11-12H2,1H3. The fraction of sp³-hybridized carbons (Fsp3) is 0.375. The number of likely N-dealkylation sites (tertiary alicyclic amines) is 1. The van der Waals surface area contributed by atoms with E-state index in [4.69, 9.17) is 0 Å². The molecule has 2 aliphatic heterocycles. The highest BCUT2D eigenvalue weighted by Gasteiger charge is 2.36. The highest BCUT2D eigenvalue weighted by molar-refractivity contribution is 5.95. The van der Waals surface area contributed by atoms with Crippen molar-refractivity contribution < 1.29 is 13.6 Å². The number of hydrogen-bond acceptors (Lipinski definition) is 4. The first-order valence-corrected chi connectivity index (χ1v) is 10.9. The SMILES string of the molecule is Cn1ccc2cc(N3CCCc4cc(C(=O)N5CCC(F)(F)CC5)cnc43)ccc2c1=O. The third kappa shape index (κ3) is 3.63. The van der Waals surface area contributed by atoms with Crippen LogP contribution in [0.2, 0.25) is 0 Å². The van der Waals surface area contributed by atoms with E-state index in [9.17, 15) is 18.4 Å². The summed E-state index contributed by atoms with van der Waals surface area (Å²) in [5, 5.41) is 1.53. The van der Waals surface area contributed by atoms with Gasteiger partial charge in [-0.3, -0.25) is 9.59 Å². The summed E-state index contributed by atoms with van der Waals surface area (Å²) in [7, 11) is 1.73.